The Balaban J connectivity index is 2.42. The topological polar surface area (TPSA) is 129 Å². The number of methoxy groups -OCH3 is 1. The zero-order valence-corrected chi connectivity index (χ0v) is 19.3. The Labute approximate surface area is 189 Å². The number of unbranched alkanes of at least 4 members (excludes halogenated alkanes) is 2. The average Bonchev–Trinajstić information content (AvgIpc) is 2.74. The first-order chi connectivity index (χ1) is 15.2. The highest BCUT2D eigenvalue weighted by atomic mass is 16.6. The van der Waals surface area contributed by atoms with Crippen LogP contribution in [-0.2, 0) is 20.9 Å². The molecule has 0 heterocycles. The van der Waals surface area contributed by atoms with E-state index in [9.17, 15) is 14.4 Å². The van der Waals surface area contributed by atoms with E-state index in [2.05, 4.69) is 36.6 Å². The van der Waals surface area contributed by atoms with Crippen molar-refractivity contribution in [3.63, 3.8) is 0 Å². The van der Waals surface area contributed by atoms with Gasteiger partial charge in [-0.25, -0.2) is 4.79 Å². The van der Waals surface area contributed by atoms with Crippen LogP contribution in [0.2, 0.25) is 0 Å². The van der Waals surface area contributed by atoms with Gasteiger partial charge in [0.25, 0.3) is 0 Å². The van der Waals surface area contributed by atoms with E-state index in [1.807, 2.05) is 0 Å². The van der Waals surface area contributed by atoms with E-state index in [0.29, 0.717) is 24.6 Å². The van der Waals surface area contributed by atoms with E-state index < -0.39 is 18.1 Å². The van der Waals surface area contributed by atoms with Gasteiger partial charge in [0.05, 0.1) is 7.11 Å². The Hall–Kier alpha value is -3.07. The first-order valence-electron chi connectivity index (χ1n) is 10.7. The van der Waals surface area contributed by atoms with Gasteiger partial charge in [0, 0.05) is 13.0 Å². The van der Waals surface area contributed by atoms with Crippen LogP contribution in [0, 0.1) is 5.92 Å². The second kappa shape index (κ2) is 14.9. The van der Waals surface area contributed by atoms with Gasteiger partial charge >= 0.3 is 6.09 Å². The number of allylic oxidation sites excluding steroid dienone is 2. The van der Waals surface area contributed by atoms with Gasteiger partial charge < -0.3 is 25.3 Å². The van der Waals surface area contributed by atoms with E-state index >= 15 is 0 Å². The normalized spacial score (nSPS) is 11.9. The monoisotopic (exact) mass is 449 g/mol. The van der Waals surface area contributed by atoms with Crippen molar-refractivity contribution in [2.45, 2.75) is 59.1 Å². The molecule has 0 saturated heterocycles. The van der Waals surface area contributed by atoms with E-state index in [-0.39, 0.29) is 18.4 Å². The fraction of sp³-hybridized carbons (Fsp3) is 0.522. The number of amides is 3. The summed E-state index contributed by atoms with van der Waals surface area (Å²) in [7, 11) is 1.45. The molecule has 9 heteroatoms. The summed E-state index contributed by atoms with van der Waals surface area (Å²) in [5.41, 5.74) is 5.88. The summed E-state index contributed by atoms with van der Waals surface area (Å²) in [5.74, 6) is 0.449. The van der Waals surface area contributed by atoms with Crippen LogP contribution in [-0.4, -0.2) is 37.9 Å². The molecule has 0 aliphatic rings. The second-order valence-electron chi connectivity index (χ2n) is 7.60. The predicted molar refractivity (Wildman–Crippen MR) is 121 cm³/mol. The number of carbonyl (C=O) groups excluding carboxylic acids is 3. The molecule has 4 N–H and O–H groups in total. The molecule has 1 atom stereocenters. The van der Waals surface area contributed by atoms with Crippen LogP contribution in [0.5, 0.6) is 11.5 Å². The van der Waals surface area contributed by atoms with Gasteiger partial charge in [-0.15, -0.1) is 0 Å². The Morgan fingerprint density at radius 1 is 1.09 bits per heavy atom. The maximum absolute atomic E-state index is 12.0. The maximum atomic E-state index is 12.0. The second-order valence-corrected chi connectivity index (χ2v) is 7.60. The maximum Gasteiger partial charge on any atom is 0.414 e. The summed E-state index contributed by atoms with van der Waals surface area (Å²) < 4.78 is 15.5. The van der Waals surface area contributed by atoms with E-state index in [4.69, 9.17) is 19.9 Å². The zero-order chi connectivity index (χ0) is 23.9. The number of ether oxygens (including phenoxy) is 3. The third-order valence-electron chi connectivity index (χ3n) is 4.42. The molecule has 9 nitrogen and oxygen atoms in total. The van der Waals surface area contributed by atoms with E-state index in [1.165, 1.54) is 14.0 Å². The highest BCUT2D eigenvalue weighted by molar-refractivity contribution is 5.78. The van der Waals surface area contributed by atoms with Crippen molar-refractivity contribution in [1.82, 2.24) is 10.6 Å². The minimum atomic E-state index is -0.832. The van der Waals surface area contributed by atoms with Crippen LogP contribution in [0.3, 0.4) is 0 Å². The molecule has 1 rings (SSSR count). The van der Waals surface area contributed by atoms with Crippen molar-refractivity contribution < 1.29 is 28.6 Å². The minimum Gasteiger partial charge on any atom is -0.493 e. The van der Waals surface area contributed by atoms with Crippen molar-refractivity contribution in [3.05, 3.63) is 35.9 Å². The molecule has 0 bridgehead atoms. The molecule has 3 amide bonds. The number of carbonyl (C=O) groups is 3. The third-order valence-corrected chi connectivity index (χ3v) is 4.42. The zero-order valence-electron chi connectivity index (χ0n) is 19.3. The summed E-state index contributed by atoms with van der Waals surface area (Å²) in [6.07, 6.45) is 5.99. The van der Waals surface area contributed by atoms with Crippen molar-refractivity contribution in [1.29, 1.82) is 0 Å². The Bertz CT molecular complexity index is 779. The van der Waals surface area contributed by atoms with E-state index in [1.54, 1.807) is 18.2 Å². The Kier molecular flexibility index (Phi) is 12.5. The lowest BCUT2D eigenvalue weighted by Crippen LogP contribution is -2.35. The standard InChI is InChI=1S/C23H35N3O6/c1-16(2)9-7-5-6-8-10-21(27)25-14-18-11-12-19(20(13-18)30-4)32-23(29)26-15-31-17(3)22(24)28/h7,9,11-13,16-17H,5-6,8,10,14-15H2,1-4H3,(H2,24,28)(H,25,27)(H,26,29)/b9-7+. The molecule has 32 heavy (non-hydrogen) atoms. The van der Waals surface area contributed by atoms with Gasteiger partial charge in [0.1, 0.15) is 12.8 Å². The largest absolute Gasteiger partial charge is 0.493 e. The minimum absolute atomic E-state index is 0.0123. The highest BCUT2D eigenvalue weighted by Gasteiger charge is 2.13. The molecule has 0 aliphatic heterocycles. The molecule has 0 radical (unpaired) electrons. The molecule has 0 spiro atoms. The van der Waals surface area contributed by atoms with Gasteiger partial charge in [-0.3, -0.25) is 14.9 Å². The Morgan fingerprint density at radius 3 is 2.50 bits per heavy atom. The quantitative estimate of drug-likeness (QED) is 0.227. The summed E-state index contributed by atoms with van der Waals surface area (Å²) in [6, 6.07) is 4.99. The summed E-state index contributed by atoms with van der Waals surface area (Å²) in [4.78, 5) is 34.8. The first-order valence-corrected chi connectivity index (χ1v) is 10.7. The number of nitrogens with one attached hydrogen (secondary N) is 2. The molecular weight excluding hydrogens is 414 g/mol. The Morgan fingerprint density at radius 2 is 1.84 bits per heavy atom. The number of benzene rings is 1. The molecule has 1 aromatic carbocycles. The van der Waals surface area contributed by atoms with Gasteiger partial charge in [0.15, 0.2) is 11.5 Å². The lowest BCUT2D eigenvalue weighted by Gasteiger charge is -2.13. The fourth-order valence-electron chi connectivity index (χ4n) is 2.56. The molecule has 0 saturated carbocycles. The molecule has 0 aliphatic carbocycles. The smallest absolute Gasteiger partial charge is 0.414 e. The third kappa shape index (κ3) is 11.4. The lowest BCUT2D eigenvalue weighted by atomic mass is 10.1. The van der Waals surface area contributed by atoms with Gasteiger partial charge in [-0.1, -0.05) is 32.1 Å². The molecule has 0 aromatic heterocycles. The molecule has 178 valence electrons. The van der Waals surface area contributed by atoms with Gasteiger partial charge in [0.2, 0.25) is 11.8 Å². The van der Waals surface area contributed by atoms with Crippen LogP contribution in [0.25, 0.3) is 0 Å². The van der Waals surface area contributed by atoms with Crippen molar-refractivity contribution >= 4 is 17.9 Å². The van der Waals surface area contributed by atoms with Gasteiger partial charge in [-0.2, -0.15) is 0 Å². The molecular formula is C23H35N3O6. The summed E-state index contributed by atoms with van der Waals surface area (Å²) >= 11 is 0. The molecule has 1 unspecified atom stereocenters. The number of nitrogens with two attached hydrogens (primary N) is 1. The number of hydrogen-bond acceptors (Lipinski definition) is 6. The molecule has 0 fully saturated rings. The SMILES string of the molecule is COc1cc(CNC(=O)CCCC/C=C/C(C)C)ccc1OC(=O)NCOC(C)C(N)=O. The van der Waals surface area contributed by atoms with Crippen LogP contribution >= 0.6 is 0 Å². The highest BCUT2D eigenvalue weighted by Crippen LogP contribution is 2.28. The first kappa shape index (κ1) is 27.0. The van der Waals surface area contributed by atoms with Crippen LogP contribution < -0.4 is 25.8 Å². The van der Waals surface area contributed by atoms with E-state index in [0.717, 1.165) is 24.8 Å². The summed E-state index contributed by atoms with van der Waals surface area (Å²) in [6.45, 7) is 5.85. The average molecular weight is 450 g/mol. The fourth-order valence-corrected chi connectivity index (χ4v) is 2.56. The number of hydrogen-bond donors (Lipinski definition) is 3. The van der Waals surface area contributed by atoms with Crippen LogP contribution in [0.4, 0.5) is 4.79 Å². The predicted octanol–water partition coefficient (Wildman–Crippen LogP) is 3.02. The van der Waals surface area contributed by atoms with Gasteiger partial charge in [-0.05, 0) is 49.8 Å². The van der Waals surface area contributed by atoms with Crippen LogP contribution in [0.15, 0.2) is 30.4 Å². The van der Waals surface area contributed by atoms with Crippen molar-refractivity contribution in [2.75, 3.05) is 13.8 Å². The molecule has 1 aromatic rings. The van der Waals surface area contributed by atoms with Crippen LogP contribution in [0.1, 0.15) is 52.0 Å². The number of rotatable bonds is 14. The summed E-state index contributed by atoms with van der Waals surface area (Å²) in [5, 5.41) is 5.23. The lowest BCUT2D eigenvalue weighted by molar-refractivity contribution is -0.128. The van der Waals surface area contributed by atoms with Crippen molar-refractivity contribution in [2.24, 2.45) is 11.7 Å². The number of primary amides is 1. The van der Waals surface area contributed by atoms with Crippen molar-refractivity contribution in [3.8, 4) is 11.5 Å².